The molecule has 1 aliphatic rings. The Balaban J connectivity index is 1.45. The van der Waals surface area contributed by atoms with Gasteiger partial charge in [0.25, 0.3) is 0 Å². The third-order valence-corrected chi connectivity index (χ3v) is 6.36. The summed E-state index contributed by atoms with van der Waals surface area (Å²) >= 11 is 1.48. The van der Waals surface area contributed by atoms with Gasteiger partial charge in [-0.05, 0) is 42.7 Å². The van der Waals surface area contributed by atoms with E-state index in [1.807, 2.05) is 12.1 Å². The highest BCUT2D eigenvalue weighted by molar-refractivity contribution is 7.21. The molecule has 0 atom stereocenters. The van der Waals surface area contributed by atoms with Gasteiger partial charge in [0.1, 0.15) is 15.4 Å². The minimum absolute atomic E-state index is 0.00137. The highest BCUT2D eigenvalue weighted by Gasteiger charge is 2.47. The summed E-state index contributed by atoms with van der Waals surface area (Å²) in [7, 11) is 0. The summed E-state index contributed by atoms with van der Waals surface area (Å²) in [6.45, 7) is 0. The van der Waals surface area contributed by atoms with E-state index in [1.165, 1.54) is 29.0 Å². The number of benzene rings is 2. The van der Waals surface area contributed by atoms with Gasteiger partial charge in [-0.2, -0.15) is 0 Å². The van der Waals surface area contributed by atoms with Gasteiger partial charge in [-0.1, -0.05) is 53.8 Å². The summed E-state index contributed by atoms with van der Waals surface area (Å²) in [5.74, 6) is -1.00. The predicted octanol–water partition coefficient (Wildman–Crippen LogP) is 4.79. The summed E-state index contributed by atoms with van der Waals surface area (Å²) in [6.07, 6.45) is 2.17. The van der Waals surface area contributed by atoms with Crippen LogP contribution in [0.25, 0.3) is 20.9 Å². The monoisotopic (exact) mass is 417 g/mol. The molecular weight excluding hydrogens is 402 g/mol. The molecule has 0 amide bonds. The molecule has 7 nitrogen and oxygen atoms in total. The standard InChI is InChI=1S/C22H15N3O4S/c26-21(29-25(27)28)15-8-6-14(7-9-15)19-23-17-10-11-18(24-20(17)30-19)22(12-13-22)16-4-2-1-3-5-16/h1-11H,12-13H2. The Morgan fingerprint density at radius 3 is 2.40 bits per heavy atom. The van der Waals surface area contributed by atoms with Crippen molar-refractivity contribution in [2.75, 3.05) is 0 Å². The average molecular weight is 417 g/mol. The number of rotatable bonds is 5. The van der Waals surface area contributed by atoms with Crippen molar-refractivity contribution < 1.29 is 14.7 Å². The largest absolute Gasteiger partial charge is 0.334 e. The summed E-state index contributed by atoms with van der Waals surface area (Å²) in [5.41, 5.74) is 4.09. The minimum atomic E-state index is -1.12. The Kier molecular flexibility index (Phi) is 4.29. The molecule has 0 spiro atoms. The van der Waals surface area contributed by atoms with Crippen molar-refractivity contribution in [1.82, 2.24) is 9.97 Å². The van der Waals surface area contributed by atoms with Crippen LogP contribution in [0.1, 0.15) is 34.5 Å². The van der Waals surface area contributed by atoms with E-state index in [2.05, 4.69) is 40.2 Å². The highest BCUT2D eigenvalue weighted by Crippen LogP contribution is 2.53. The zero-order valence-electron chi connectivity index (χ0n) is 15.6. The molecule has 5 rings (SSSR count). The predicted molar refractivity (Wildman–Crippen MR) is 112 cm³/mol. The molecule has 2 heterocycles. The molecule has 2 aromatic heterocycles. The van der Waals surface area contributed by atoms with Crippen LogP contribution in [0.4, 0.5) is 0 Å². The first kappa shape index (κ1) is 18.4. The van der Waals surface area contributed by atoms with Crippen molar-refractivity contribution >= 4 is 27.7 Å². The van der Waals surface area contributed by atoms with E-state index in [-0.39, 0.29) is 11.0 Å². The Hall–Kier alpha value is -3.65. The van der Waals surface area contributed by atoms with Crippen molar-refractivity contribution in [1.29, 1.82) is 0 Å². The summed E-state index contributed by atoms with van der Waals surface area (Å²) in [4.78, 5) is 36.3. The van der Waals surface area contributed by atoms with E-state index < -0.39 is 11.1 Å². The van der Waals surface area contributed by atoms with Crippen molar-refractivity contribution in [3.63, 3.8) is 0 Å². The van der Waals surface area contributed by atoms with Gasteiger partial charge in [0.05, 0.1) is 5.69 Å². The van der Waals surface area contributed by atoms with Crippen LogP contribution < -0.4 is 0 Å². The second kappa shape index (κ2) is 7.00. The summed E-state index contributed by atoms with van der Waals surface area (Å²) < 4.78 is 0. The highest BCUT2D eigenvalue weighted by atomic mass is 32.1. The lowest BCUT2D eigenvalue weighted by Gasteiger charge is -2.14. The second-order valence-electron chi connectivity index (χ2n) is 7.17. The van der Waals surface area contributed by atoms with Crippen LogP contribution in [0, 0.1) is 10.1 Å². The summed E-state index contributed by atoms with van der Waals surface area (Å²) in [6, 6.07) is 20.9. The van der Waals surface area contributed by atoms with E-state index in [0.717, 1.165) is 39.5 Å². The maximum atomic E-state index is 11.6. The van der Waals surface area contributed by atoms with Gasteiger partial charge in [-0.15, -0.1) is 10.1 Å². The number of carbonyl (C=O) groups excluding carboxylic acids is 1. The van der Waals surface area contributed by atoms with Crippen LogP contribution in [-0.4, -0.2) is 21.0 Å². The third-order valence-electron chi connectivity index (χ3n) is 5.35. The molecule has 0 saturated heterocycles. The molecule has 30 heavy (non-hydrogen) atoms. The molecule has 1 fully saturated rings. The van der Waals surface area contributed by atoms with Gasteiger partial charge in [-0.3, -0.25) is 4.79 Å². The lowest BCUT2D eigenvalue weighted by molar-refractivity contribution is -0.727. The number of carbonyl (C=O) groups is 1. The topological polar surface area (TPSA) is 95.2 Å². The number of hydrogen-bond donors (Lipinski definition) is 0. The fourth-order valence-corrected chi connectivity index (χ4v) is 4.59. The number of fused-ring (bicyclic) bond motifs is 1. The van der Waals surface area contributed by atoms with Gasteiger partial charge >= 0.3 is 11.1 Å². The number of hydrogen-bond acceptors (Lipinski definition) is 7. The zero-order valence-corrected chi connectivity index (χ0v) is 16.5. The fourth-order valence-electron chi connectivity index (χ4n) is 3.65. The Bertz CT molecular complexity index is 1260. The molecule has 0 N–H and O–H groups in total. The number of nitrogens with zero attached hydrogens (tertiary/aromatic N) is 3. The van der Waals surface area contributed by atoms with Gasteiger partial charge in [-0.25, -0.2) is 14.8 Å². The summed E-state index contributed by atoms with van der Waals surface area (Å²) in [5, 5.41) is 9.97. The van der Waals surface area contributed by atoms with Crippen LogP contribution in [-0.2, 0) is 10.3 Å². The lowest BCUT2D eigenvalue weighted by atomic mass is 9.92. The second-order valence-corrected chi connectivity index (χ2v) is 8.15. The number of thiazole rings is 1. The van der Waals surface area contributed by atoms with E-state index in [0.29, 0.717) is 0 Å². The quantitative estimate of drug-likeness (QED) is 0.342. The molecule has 1 aliphatic carbocycles. The van der Waals surface area contributed by atoms with Gasteiger partial charge in [0.15, 0.2) is 0 Å². The Labute approximate surface area is 175 Å². The average Bonchev–Trinajstić information content (AvgIpc) is 3.46. The van der Waals surface area contributed by atoms with E-state index in [9.17, 15) is 14.9 Å². The van der Waals surface area contributed by atoms with Crippen molar-refractivity contribution in [2.24, 2.45) is 0 Å². The first-order valence-electron chi connectivity index (χ1n) is 9.36. The zero-order chi connectivity index (χ0) is 20.7. The van der Waals surface area contributed by atoms with Crippen LogP contribution >= 0.6 is 11.3 Å². The molecule has 0 unspecified atom stereocenters. The Morgan fingerprint density at radius 1 is 1.00 bits per heavy atom. The molecule has 2 aromatic carbocycles. The molecule has 0 aliphatic heterocycles. The van der Waals surface area contributed by atoms with Crippen molar-refractivity contribution in [3.8, 4) is 10.6 Å². The molecular formula is C22H15N3O4S. The van der Waals surface area contributed by atoms with Gasteiger partial charge in [0, 0.05) is 16.5 Å². The number of aromatic nitrogens is 2. The maximum Gasteiger partial charge on any atom is 0.334 e. The molecule has 1 saturated carbocycles. The van der Waals surface area contributed by atoms with Crippen LogP contribution in [0.3, 0.4) is 0 Å². The van der Waals surface area contributed by atoms with Crippen LogP contribution in [0.2, 0.25) is 0 Å². The first-order chi connectivity index (χ1) is 14.5. The number of pyridine rings is 1. The molecule has 0 radical (unpaired) electrons. The van der Waals surface area contributed by atoms with E-state index >= 15 is 0 Å². The maximum absolute atomic E-state index is 11.6. The smallest absolute Gasteiger partial charge is 0.263 e. The van der Waals surface area contributed by atoms with Crippen LogP contribution in [0.5, 0.6) is 0 Å². The van der Waals surface area contributed by atoms with E-state index in [4.69, 9.17) is 4.98 Å². The molecule has 8 heteroatoms. The van der Waals surface area contributed by atoms with Gasteiger partial charge < -0.3 is 0 Å². The Morgan fingerprint density at radius 2 is 1.73 bits per heavy atom. The SMILES string of the molecule is O=C(O[N+](=O)[O-])c1ccc(-c2nc3ccc(C4(c5ccccc5)CC4)nc3s2)cc1. The van der Waals surface area contributed by atoms with E-state index in [1.54, 1.807) is 12.1 Å². The molecule has 148 valence electrons. The first-order valence-corrected chi connectivity index (χ1v) is 10.2. The van der Waals surface area contributed by atoms with Crippen LogP contribution in [0.15, 0.2) is 66.7 Å². The van der Waals surface area contributed by atoms with Crippen molar-refractivity contribution in [2.45, 2.75) is 18.3 Å². The lowest BCUT2D eigenvalue weighted by Crippen LogP contribution is -2.10. The van der Waals surface area contributed by atoms with Gasteiger partial charge in [0.2, 0.25) is 0 Å². The normalized spacial score (nSPS) is 14.4. The molecule has 4 aromatic rings. The van der Waals surface area contributed by atoms with Crippen molar-refractivity contribution in [3.05, 3.63) is 93.7 Å². The minimum Gasteiger partial charge on any atom is -0.263 e. The third kappa shape index (κ3) is 3.21. The molecule has 0 bridgehead atoms. The fraction of sp³-hybridized carbons (Fsp3) is 0.136.